The number of alkyl halides is 3. The Bertz CT molecular complexity index is 457. The monoisotopic (exact) mass is 265 g/mol. The Morgan fingerprint density at radius 3 is 2.71 bits per heavy atom. The maximum Gasteiger partial charge on any atom is 0.419 e. The van der Waals surface area contributed by atoms with Gasteiger partial charge in [0.05, 0.1) is 12.7 Å². The van der Waals surface area contributed by atoms with E-state index < -0.39 is 22.9 Å². The minimum Gasteiger partial charge on any atom is -0.466 e. The van der Waals surface area contributed by atoms with Crippen LogP contribution in [0, 0.1) is 0 Å². The second-order valence-electron chi connectivity index (χ2n) is 2.96. The van der Waals surface area contributed by atoms with Crippen LogP contribution in [0.3, 0.4) is 0 Å². The van der Waals surface area contributed by atoms with Crippen molar-refractivity contribution < 1.29 is 22.7 Å². The second kappa shape index (κ2) is 5.18. The Morgan fingerprint density at radius 2 is 2.18 bits per heavy atom. The Hall–Kier alpha value is -1.56. The van der Waals surface area contributed by atoms with Gasteiger partial charge in [-0.1, -0.05) is 11.6 Å². The highest BCUT2D eigenvalue weighted by Crippen LogP contribution is 2.34. The molecule has 0 N–H and O–H groups in total. The molecule has 1 rings (SSSR count). The van der Waals surface area contributed by atoms with E-state index in [1.54, 1.807) is 0 Å². The van der Waals surface area contributed by atoms with E-state index >= 15 is 0 Å². The number of halogens is 4. The molecule has 0 aromatic carbocycles. The molecule has 1 aromatic heterocycles. The molecule has 3 nitrogen and oxygen atoms in total. The Labute approximate surface area is 99.9 Å². The zero-order valence-electron chi connectivity index (χ0n) is 8.58. The predicted molar refractivity (Wildman–Crippen MR) is 55.3 cm³/mol. The van der Waals surface area contributed by atoms with Crippen molar-refractivity contribution in [2.24, 2.45) is 0 Å². The van der Waals surface area contributed by atoms with E-state index in [1.807, 2.05) is 0 Å². The number of pyridine rings is 1. The van der Waals surface area contributed by atoms with Gasteiger partial charge in [-0.05, 0) is 17.7 Å². The lowest BCUT2D eigenvalue weighted by molar-refractivity contribution is -0.137. The minimum atomic E-state index is -4.58. The lowest BCUT2D eigenvalue weighted by atomic mass is 10.2. The average Bonchev–Trinajstić information content (AvgIpc) is 2.26. The number of carbonyl (C=O) groups excluding carboxylic acids is 1. The zero-order valence-corrected chi connectivity index (χ0v) is 9.34. The molecule has 0 aliphatic rings. The first kappa shape index (κ1) is 13.5. The molecule has 0 aliphatic carbocycles. The number of rotatable bonds is 2. The number of ether oxygens (including phenoxy) is 1. The average molecular weight is 266 g/mol. The van der Waals surface area contributed by atoms with Crippen LogP contribution in [0.15, 0.2) is 18.3 Å². The summed E-state index contributed by atoms with van der Waals surface area (Å²) in [6.45, 7) is 0. The molecular weight excluding hydrogens is 259 g/mol. The smallest absolute Gasteiger partial charge is 0.419 e. The number of hydrogen-bond acceptors (Lipinski definition) is 3. The number of esters is 1. The van der Waals surface area contributed by atoms with Crippen molar-refractivity contribution in [1.29, 1.82) is 0 Å². The number of aromatic nitrogens is 1. The van der Waals surface area contributed by atoms with Gasteiger partial charge in [0.1, 0.15) is 5.15 Å². The van der Waals surface area contributed by atoms with E-state index in [0.29, 0.717) is 0 Å². The van der Waals surface area contributed by atoms with E-state index in [2.05, 4.69) is 9.72 Å². The first-order valence-corrected chi connectivity index (χ1v) is 4.71. The Morgan fingerprint density at radius 1 is 1.53 bits per heavy atom. The van der Waals surface area contributed by atoms with Crippen LogP contribution in [0.2, 0.25) is 5.15 Å². The molecule has 0 saturated heterocycles. The third-order valence-corrected chi connectivity index (χ3v) is 2.08. The lowest BCUT2D eigenvalue weighted by Gasteiger charge is -2.08. The summed E-state index contributed by atoms with van der Waals surface area (Å²) in [5.41, 5.74) is -0.946. The highest BCUT2D eigenvalue weighted by atomic mass is 35.5. The van der Waals surface area contributed by atoms with E-state index in [1.165, 1.54) is 0 Å². The molecule has 0 atom stereocenters. The normalized spacial score (nSPS) is 11.8. The molecule has 0 unspecified atom stereocenters. The summed E-state index contributed by atoms with van der Waals surface area (Å²) >= 11 is 5.32. The van der Waals surface area contributed by atoms with E-state index in [-0.39, 0.29) is 5.56 Å². The molecule has 0 spiro atoms. The number of nitrogens with zero attached hydrogens (tertiary/aromatic N) is 1. The molecule has 0 aliphatic heterocycles. The fourth-order valence-electron chi connectivity index (χ4n) is 0.986. The zero-order chi connectivity index (χ0) is 13.1. The van der Waals surface area contributed by atoms with Gasteiger partial charge in [-0.25, -0.2) is 9.78 Å². The third kappa shape index (κ3) is 3.74. The van der Waals surface area contributed by atoms with Gasteiger partial charge in [-0.15, -0.1) is 0 Å². The Balaban J connectivity index is 3.05. The summed E-state index contributed by atoms with van der Waals surface area (Å²) in [7, 11) is 1.16. The molecule has 7 heteroatoms. The van der Waals surface area contributed by atoms with E-state index in [9.17, 15) is 18.0 Å². The number of carbonyl (C=O) groups is 1. The fourth-order valence-corrected chi connectivity index (χ4v) is 1.20. The van der Waals surface area contributed by atoms with Crippen LogP contribution in [0.5, 0.6) is 0 Å². The molecule has 0 amide bonds. The van der Waals surface area contributed by atoms with Crippen LogP contribution in [-0.4, -0.2) is 18.1 Å². The third-order valence-electron chi connectivity index (χ3n) is 1.78. The van der Waals surface area contributed by atoms with Gasteiger partial charge in [-0.3, -0.25) is 0 Å². The van der Waals surface area contributed by atoms with E-state index in [4.69, 9.17) is 11.6 Å². The fraction of sp³-hybridized carbons (Fsp3) is 0.200. The largest absolute Gasteiger partial charge is 0.466 e. The summed E-state index contributed by atoms with van der Waals surface area (Å²) in [5.74, 6) is -0.673. The van der Waals surface area contributed by atoms with Crippen LogP contribution in [0.1, 0.15) is 11.1 Å². The van der Waals surface area contributed by atoms with Gasteiger partial charge in [0.2, 0.25) is 0 Å². The highest BCUT2D eigenvalue weighted by Gasteiger charge is 2.34. The van der Waals surface area contributed by atoms with Crippen LogP contribution in [0.25, 0.3) is 6.08 Å². The van der Waals surface area contributed by atoms with Crippen molar-refractivity contribution in [1.82, 2.24) is 4.98 Å². The first-order chi connectivity index (χ1) is 7.84. The van der Waals surface area contributed by atoms with Crippen LogP contribution >= 0.6 is 11.6 Å². The summed E-state index contributed by atoms with van der Waals surface area (Å²) in [6, 6.07) is 0.800. The van der Waals surface area contributed by atoms with Crippen molar-refractivity contribution in [3.8, 4) is 0 Å². The van der Waals surface area contributed by atoms with E-state index in [0.717, 1.165) is 31.5 Å². The van der Waals surface area contributed by atoms with Gasteiger partial charge in [0, 0.05) is 12.3 Å². The quantitative estimate of drug-likeness (QED) is 0.469. The van der Waals surface area contributed by atoms with Crippen molar-refractivity contribution in [2.45, 2.75) is 6.18 Å². The summed E-state index contributed by atoms with van der Waals surface area (Å²) in [6.07, 6.45) is -1.31. The molecule has 0 saturated carbocycles. The molecule has 17 heavy (non-hydrogen) atoms. The first-order valence-electron chi connectivity index (χ1n) is 4.33. The molecule has 1 heterocycles. The van der Waals surface area contributed by atoms with Crippen LogP contribution in [0.4, 0.5) is 13.2 Å². The van der Waals surface area contributed by atoms with Crippen LogP contribution < -0.4 is 0 Å². The molecular formula is C10H7ClF3NO2. The predicted octanol–water partition coefficient (Wildman–Crippen LogP) is 2.94. The summed E-state index contributed by atoms with van der Waals surface area (Å²) in [5, 5.41) is -0.632. The second-order valence-corrected chi connectivity index (χ2v) is 3.32. The molecule has 0 fully saturated rings. The molecule has 0 radical (unpaired) electrons. The lowest BCUT2D eigenvalue weighted by Crippen LogP contribution is -2.07. The van der Waals surface area contributed by atoms with Crippen molar-refractivity contribution in [2.75, 3.05) is 7.11 Å². The maximum absolute atomic E-state index is 12.5. The topological polar surface area (TPSA) is 39.2 Å². The summed E-state index contributed by atoms with van der Waals surface area (Å²) in [4.78, 5) is 14.1. The maximum atomic E-state index is 12.5. The molecule has 1 aromatic rings. The van der Waals surface area contributed by atoms with Crippen molar-refractivity contribution in [3.05, 3.63) is 34.6 Å². The van der Waals surface area contributed by atoms with Gasteiger partial charge in [0.15, 0.2) is 0 Å². The standard InChI is InChI=1S/C10H7ClF3NO2/c1-17-8(16)3-2-6-4-7(10(12,13)14)9(11)15-5-6/h2-5H,1H3. The van der Waals surface area contributed by atoms with Gasteiger partial charge < -0.3 is 4.74 Å². The van der Waals surface area contributed by atoms with Crippen molar-refractivity contribution >= 4 is 23.6 Å². The highest BCUT2D eigenvalue weighted by molar-refractivity contribution is 6.30. The Kier molecular flexibility index (Phi) is 4.11. The number of methoxy groups -OCH3 is 1. The number of hydrogen-bond donors (Lipinski definition) is 0. The van der Waals surface area contributed by atoms with Crippen molar-refractivity contribution in [3.63, 3.8) is 0 Å². The van der Waals surface area contributed by atoms with Crippen LogP contribution in [-0.2, 0) is 15.7 Å². The molecule has 92 valence electrons. The van der Waals surface area contributed by atoms with Gasteiger partial charge >= 0.3 is 12.1 Å². The SMILES string of the molecule is COC(=O)C=Cc1cnc(Cl)c(C(F)(F)F)c1. The minimum absolute atomic E-state index is 0.104. The van der Waals surface area contributed by atoms with Gasteiger partial charge in [-0.2, -0.15) is 13.2 Å². The summed E-state index contributed by atoms with van der Waals surface area (Å²) < 4.78 is 41.7. The van der Waals surface area contributed by atoms with Gasteiger partial charge in [0.25, 0.3) is 0 Å². The molecule has 0 bridgehead atoms.